The highest BCUT2D eigenvalue weighted by atomic mass is 16.4. The van der Waals surface area contributed by atoms with Crippen molar-refractivity contribution in [3.63, 3.8) is 0 Å². The molecular weight excluding hydrogens is 268 g/mol. The largest absolute Gasteiger partial charge is 0.481 e. The van der Waals surface area contributed by atoms with Gasteiger partial charge in [-0.25, -0.2) is 0 Å². The van der Waals surface area contributed by atoms with Crippen molar-refractivity contribution >= 4 is 11.9 Å². The van der Waals surface area contributed by atoms with E-state index < -0.39 is 5.97 Å². The topological polar surface area (TPSA) is 60.9 Å². The third-order valence-electron chi connectivity index (χ3n) is 6.35. The zero-order valence-electron chi connectivity index (χ0n) is 12.4. The Labute approximate surface area is 125 Å². The Morgan fingerprint density at radius 2 is 1.62 bits per heavy atom. The van der Waals surface area contributed by atoms with Gasteiger partial charge in [0.2, 0.25) is 5.91 Å². The zero-order chi connectivity index (χ0) is 14.6. The van der Waals surface area contributed by atoms with Gasteiger partial charge in [0.25, 0.3) is 0 Å². The van der Waals surface area contributed by atoms with Crippen LogP contribution in [0.5, 0.6) is 0 Å². The quantitative estimate of drug-likeness (QED) is 0.836. The van der Waals surface area contributed by atoms with E-state index in [2.05, 4.69) is 4.90 Å². The van der Waals surface area contributed by atoms with E-state index in [1.54, 1.807) is 0 Å². The molecule has 0 aromatic carbocycles. The van der Waals surface area contributed by atoms with E-state index in [1.807, 2.05) is 4.90 Å². The second kappa shape index (κ2) is 4.97. The standard InChI is InChI=1S/C16H24N2O3/c19-12(20)3-4-17-5-7-18(8-6-17)16(21)15-13-10-1-2-11(9-10)14(13)15/h10-11,13-15H,1-9H2,(H,19,20). The minimum absolute atomic E-state index is 0.198. The average molecular weight is 292 g/mol. The molecule has 3 saturated carbocycles. The van der Waals surface area contributed by atoms with Gasteiger partial charge in [-0.05, 0) is 42.9 Å². The van der Waals surface area contributed by atoms with Crippen molar-refractivity contribution in [3.8, 4) is 0 Å². The van der Waals surface area contributed by atoms with Crippen LogP contribution in [0, 0.1) is 29.6 Å². The van der Waals surface area contributed by atoms with Crippen LogP contribution in [-0.2, 0) is 9.59 Å². The Hall–Kier alpha value is -1.10. The van der Waals surface area contributed by atoms with E-state index in [0.29, 0.717) is 18.4 Å². The summed E-state index contributed by atoms with van der Waals surface area (Å²) in [6, 6.07) is 0. The number of fused-ring (bicyclic) bond motifs is 5. The van der Waals surface area contributed by atoms with Gasteiger partial charge >= 0.3 is 5.97 Å². The van der Waals surface area contributed by atoms with Gasteiger partial charge in [0.15, 0.2) is 0 Å². The number of hydrogen-bond donors (Lipinski definition) is 1. The molecule has 1 heterocycles. The van der Waals surface area contributed by atoms with Crippen molar-refractivity contribution in [1.29, 1.82) is 0 Å². The first kappa shape index (κ1) is 13.6. The summed E-state index contributed by atoms with van der Waals surface area (Å²) in [5.41, 5.74) is 0. The number of rotatable bonds is 4. The molecule has 1 saturated heterocycles. The number of aliphatic carboxylic acids is 1. The Morgan fingerprint density at radius 3 is 2.19 bits per heavy atom. The number of hydrogen-bond acceptors (Lipinski definition) is 3. The highest BCUT2D eigenvalue weighted by Crippen LogP contribution is 2.69. The first-order valence-electron chi connectivity index (χ1n) is 8.38. The number of carbonyl (C=O) groups is 2. The van der Waals surface area contributed by atoms with Crippen molar-refractivity contribution < 1.29 is 14.7 Å². The lowest BCUT2D eigenvalue weighted by Crippen LogP contribution is -2.49. The minimum atomic E-state index is -0.741. The maximum absolute atomic E-state index is 12.7. The Kier molecular flexibility index (Phi) is 3.21. The van der Waals surface area contributed by atoms with Crippen LogP contribution >= 0.6 is 0 Å². The van der Waals surface area contributed by atoms with Crippen LogP contribution in [0.1, 0.15) is 25.7 Å². The molecule has 0 aromatic rings. The Bertz CT molecular complexity index is 442. The molecule has 0 radical (unpaired) electrons. The summed E-state index contributed by atoms with van der Waals surface area (Å²) < 4.78 is 0. The molecule has 5 nitrogen and oxygen atoms in total. The van der Waals surface area contributed by atoms with E-state index in [0.717, 1.165) is 49.9 Å². The van der Waals surface area contributed by atoms with Gasteiger partial charge in [0.1, 0.15) is 0 Å². The van der Waals surface area contributed by atoms with Crippen molar-refractivity contribution in [1.82, 2.24) is 9.80 Å². The van der Waals surface area contributed by atoms with E-state index in [9.17, 15) is 9.59 Å². The Morgan fingerprint density at radius 1 is 1.00 bits per heavy atom. The molecule has 5 heteroatoms. The fourth-order valence-corrected chi connectivity index (χ4v) is 5.31. The summed E-state index contributed by atoms with van der Waals surface area (Å²) >= 11 is 0. The molecule has 4 aliphatic rings. The molecular formula is C16H24N2O3. The average Bonchev–Trinajstić information content (AvgIpc) is 2.92. The monoisotopic (exact) mass is 292 g/mol. The molecule has 1 amide bonds. The normalized spacial score (nSPS) is 41.1. The summed E-state index contributed by atoms with van der Waals surface area (Å²) in [5.74, 6) is 3.16. The van der Waals surface area contributed by atoms with Crippen molar-refractivity contribution in [2.45, 2.75) is 25.7 Å². The van der Waals surface area contributed by atoms with Gasteiger partial charge < -0.3 is 10.0 Å². The fourth-order valence-electron chi connectivity index (χ4n) is 5.31. The molecule has 21 heavy (non-hydrogen) atoms. The predicted octanol–water partition coefficient (Wildman–Crippen LogP) is 0.897. The summed E-state index contributed by atoms with van der Waals surface area (Å²) in [4.78, 5) is 27.5. The Balaban J connectivity index is 1.27. The SMILES string of the molecule is O=C(O)CCN1CCN(C(=O)C2C3C4CCC(C4)C23)CC1. The molecule has 4 unspecified atom stereocenters. The number of carboxylic acids is 1. The highest BCUT2D eigenvalue weighted by molar-refractivity contribution is 5.83. The summed E-state index contributed by atoms with van der Waals surface area (Å²) in [7, 11) is 0. The molecule has 2 bridgehead atoms. The lowest BCUT2D eigenvalue weighted by atomic mass is 10.0. The van der Waals surface area contributed by atoms with Crippen LogP contribution in [0.3, 0.4) is 0 Å². The third kappa shape index (κ3) is 2.26. The van der Waals surface area contributed by atoms with Crippen molar-refractivity contribution in [2.75, 3.05) is 32.7 Å². The lowest BCUT2D eigenvalue weighted by molar-refractivity contribution is -0.139. The van der Waals surface area contributed by atoms with Gasteiger partial charge in [-0.15, -0.1) is 0 Å². The van der Waals surface area contributed by atoms with E-state index >= 15 is 0 Å². The molecule has 4 atom stereocenters. The second-order valence-electron chi connectivity index (χ2n) is 7.32. The molecule has 116 valence electrons. The van der Waals surface area contributed by atoms with Crippen LogP contribution in [0.2, 0.25) is 0 Å². The number of carboxylic acid groups (broad SMARTS) is 1. The van der Waals surface area contributed by atoms with Crippen molar-refractivity contribution in [3.05, 3.63) is 0 Å². The number of piperazine rings is 1. The molecule has 3 aliphatic carbocycles. The summed E-state index contributed by atoms with van der Waals surface area (Å²) in [5, 5.41) is 8.72. The molecule has 1 N–H and O–H groups in total. The first-order valence-corrected chi connectivity index (χ1v) is 8.38. The summed E-state index contributed by atoms with van der Waals surface area (Å²) in [6.07, 6.45) is 4.31. The van der Waals surface area contributed by atoms with Crippen LogP contribution < -0.4 is 0 Å². The van der Waals surface area contributed by atoms with Gasteiger partial charge in [-0.3, -0.25) is 14.5 Å². The van der Waals surface area contributed by atoms with Gasteiger partial charge in [0.05, 0.1) is 6.42 Å². The smallest absolute Gasteiger partial charge is 0.304 e. The van der Waals surface area contributed by atoms with E-state index in [4.69, 9.17) is 5.11 Å². The molecule has 0 aromatic heterocycles. The number of amides is 1. The van der Waals surface area contributed by atoms with Crippen LogP contribution in [-0.4, -0.2) is 59.5 Å². The van der Waals surface area contributed by atoms with E-state index in [1.165, 1.54) is 19.3 Å². The van der Waals surface area contributed by atoms with Gasteiger partial charge in [0, 0.05) is 38.6 Å². The molecule has 1 aliphatic heterocycles. The fraction of sp³-hybridized carbons (Fsp3) is 0.875. The molecule has 4 fully saturated rings. The van der Waals surface area contributed by atoms with Gasteiger partial charge in [-0.2, -0.15) is 0 Å². The zero-order valence-corrected chi connectivity index (χ0v) is 12.4. The summed E-state index contributed by atoms with van der Waals surface area (Å²) in [6.45, 7) is 3.82. The predicted molar refractivity (Wildman–Crippen MR) is 76.6 cm³/mol. The minimum Gasteiger partial charge on any atom is -0.481 e. The van der Waals surface area contributed by atoms with Gasteiger partial charge in [-0.1, -0.05) is 0 Å². The van der Waals surface area contributed by atoms with Crippen LogP contribution in [0.15, 0.2) is 0 Å². The molecule has 4 rings (SSSR count). The molecule has 0 spiro atoms. The van der Waals surface area contributed by atoms with E-state index in [-0.39, 0.29) is 6.42 Å². The second-order valence-corrected chi connectivity index (χ2v) is 7.32. The highest BCUT2D eigenvalue weighted by Gasteiger charge is 2.67. The maximum atomic E-state index is 12.7. The third-order valence-corrected chi connectivity index (χ3v) is 6.35. The van der Waals surface area contributed by atoms with Crippen LogP contribution in [0.4, 0.5) is 0 Å². The van der Waals surface area contributed by atoms with Crippen molar-refractivity contribution in [2.24, 2.45) is 29.6 Å². The number of carbonyl (C=O) groups excluding carboxylic acids is 1. The van der Waals surface area contributed by atoms with Crippen LogP contribution in [0.25, 0.3) is 0 Å². The first-order chi connectivity index (χ1) is 10.1. The number of nitrogens with zero attached hydrogens (tertiary/aromatic N) is 2. The lowest BCUT2D eigenvalue weighted by Gasteiger charge is -2.35. The maximum Gasteiger partial charge on any atom is 0.304 e.